The number of ketones is 1. The van der Waals surface area contributed by atoms with Gasteiger partial charge in [-0.2, -0.15) is 0 Å². The molecule has 0 saturated heterocycles. The van der Waals surface area contributed by atoms with E-state index in [-0.39, 0.29) is 23.7 Å². The summed E-state index contributed by atoms with van der Waals surface area (Å²) in [5.74, 6) is -0.559. The number of primary amides is 1. The molecule has 0 fully saturated rings. The quantitative estimate of drug-likeness (QED) is 0.507. The minimum Gasteiger partial charge on any atom is -0.485 e. The fourth-order valence-corrected chi connectivity index (χ4v) is 3.26. The van der Waals surface area contributed by atoms with Crippen LogP contribution in [0.4, 0.5) is 0 Å². The number of nitrogens with one attached hydrogen (secondary N) is 1. The lowest BCUT2D eigenvalue weighted by atomic mass is 10.1. The maximum absolute atomic E-state index is 12.6. The Morgan fingerprint density at radius 3 is 2.63 bits per heavy atom. The average molecular weight is 379 g/mol. The van der Waals surface area contributed by atoms with Crippen LogP contribution in [0.3, 0.4) is 0 Å². The van der Waals surface area contributed by atoms with Gasteiger partial charge in [-0.1, -0.05) is 35.9 Å². The van der Waals surface area contributed by atoms with Gasteiger partial charge in [-0.3, -0.25) is 9.59 Å². The lowest BCUT2D eigenvalue weighted by molar-refractivity contribution is 0.0914. The number of fused-ring (bicyclic) bond motifs is 2. The molecule has 4 aromatic rings. The second-order valence-electron chi connectivity index (χ2n) is 6.16. The molecule has 6 heteroatoms. The van der Waals surface area contributed by atoms with Crippen molar-refractivity contribution in [2.45, 2.75) is 0 Å². The van der Waals surface area contributed by atoms with Crippen LogP contribution in [-0.4, -0.2) is 23.3 Å². The number of carbonyl (C=O) groups excluding carboxylic acids is 2. The molecule has 1 amide bonds. The third-order valence-corrected chi connectivity index (χ3v) is 4.65. The smallest absolute Gasteiger partial charge is 0.252 e. The van der Waals surface area contributed by atoms with Crippen molar-refractivity contribution in [2.24, 2.45) is 5.73 Å². The zero-order chi connectivity index (χ0) is 19.0. The van der Waals surface area contributed by atoms with Crippen molar-refractivity contribution in [2.75, 3.05) is 6.61 Å². The van der Waals surface area contributed by atoms with E-state index in [2.05, 4.69) is 4.98 Å². The number of ether oxygens (including phenoxy) is 1. The number of para-hydroxylation sites is 1. The van der Waals surface area contributed by atoms with E-state index in [4.69, 9.17) is 22.1 Å². The molecule has 134 valence electrons. The standard InChI is InChI=1S/C21H15ClN2O3/c22-14-6-5-12-9-20(16(21(23)26)8-13(12)7-14)27-11-19(25)17-10-24-18-4-2-1-3-15(17)18/h1-10,24H,11H2,(H2,23,26). The first-order valence-corrected chi connectivity index (χ1v) is 8.66. The fraction of sp³-hybridized carbons (Fsp3) is 0.0476. The van der Waals surface area contributed by atoms with Gasteiger partial charge in [0, 0.05) is 27.7 Å². The first-order valence-electron chi connectivity index (χ1n) is 8.28. The fourth-order valence-electron chi connectivity index (χ4n) is 3.08. The highest BCUT2D eigenvalue weighted by Crippen LogP contribution is 2.28. The van der Waals surface area contributed by atoms with Crippen LogP contribution in [0.15, 0.2) is 60.8 Å². The number of rotatable bonds is 5. The molecular formula is C21H15ClN2O3. The molecule has 0 unspecified atom stereocenters. The number of halogens is 1. The molecule has 1 heterocycles. The van der Waals surface area contributed by atoms with Gasteiger partial charge in [-0.15, -0.1) is 0 Å². The van der Waals surface area contributed by atoms with Crippen molar-refractivity contribution in [3.63, 3.8) is 0 Å². The van der Waals surface area contributed by atoms with Crippen LogP contribution < -0.4 is 10.5 Å². The monoisotopic (exact) mass is 378 g/mol. The van der Waals surface area contributed by atoms with Gasteiger partial charge >= 0.3 is 0 Å². The largest absolute Gasteiger partial charge is 0.485 e. The second-order valence-corrected chi connectivity index (χ2v) is 6.60. The molecule has 0 aliphatic carbocycles. The maximum atomic E-state index is 12.6. The normalized spacial score (nSPS) is 11.0. The summed E-state index contributed by atoms with van der Waals surface area (Å²) in [4.78, 5) is 27.5. The van der Waals surface area contributed by atoms with Crippen molar-refractivity contribution in [3.05, 3.63) is 76.9 Å². The van der Waals surface area contributed by atoms with Crippen molar-refractivity contribution in [3.8, 4) is 5.75 Å². The molecule has 0 atom stereocenters. The number of hydrogen-bond acceptors (Lipinski definition) is 3. The Bertz CT molecular complexity index is 1200. The first kappa shape index (κ1) is 17.1. The lowest BCUT2D eigenvalue weighted by Crippen LogP contribution is -2.16. The molecule has 0 bridgehead atoms. The van der Waals surface area contributed by atoms with Gasteiger partial charge in [0.15, 0.2) is 6.61 Å². The Labute approximate surface area is 159 Å². The van der Waals surface area contributed by atoms with Crippen molar-refractivity contribution < 1.29 is 14.3 Å². The minimum absolute atomic E-state index is 0.195. The SMILES string of the molecule is NC(=O)c1cc2cc(Cl)ccc2cc1OCC(=O)c1c[nH]c2ccccc12. The summed E-state index contributed by atoms with van der Waals surface area (Å²) in [5, 5.41) is 2.99. The summed E-state index contributed by atoms with van der Waals surface area (Å²) in [6, 6.07) is 16.1. The molecule has 0 saturated carbocycles. The number of benzene rings is 3. The van der Waals surface area contributed by atoms with Crippen LogP contribution in [0, 0.1) is 0 Å². The lowest BCUT2D eigenvalue weighted by Gasteiger charge is -2.11. The molecular weight excluding hydrogens is 364 g/mol. The topological polar surface area (TPSA) is 85.2 Å². The van der Waals surface area contributed by atoms with Crippen LogP contribution in [0.1, 0.15) is 20.7 Å². The number of carbonyl (C=O) groups is 2. The van der Waals surface area contributed by atoms with Crippen LogP contribution in [0.2, 0.25) is 5.02 Å². The van der Waals surface area contributed by atoms with Gasteiger partial charge < -0.3 is 15.5 Å². The number of aromatic nitrogens is 1. The Morgan fingerprint density at radius 1 is 1.00 bits per heavy atom. The van der Waals surface area contributed by atoms with E-state index >= 15 is 0 Å². The summed E-state index contributed by atoms with van der Waals surface area (Å²) in [7, 11) is 0. The summed E-state index contributed by atoms with van der Waals surface area (Å²) in [6.45, 7) is -0.207. The first-order chi connectivity index (χ1) is 13.0. The Balaban J connectivity index is 1.64. The Morgan fingerprint density at radius 2 is 1.81 bits per heavy atom. The molecule has 0 spiro atoms. The molecule has 0 aliphatic rings. The van der Waals surface area contributed by atoms with Crippen LogP contribution in [-0.2, 0) is 0 Å². The number of nitrogens with two attached hydrogens (primary N) is 1. The van der Waals surface area contributed by atoms with Crippen molar-refractivity contribution in [1.29, 1.82) is 0 Å². The van der Waals surface area contributed by atoms with Crippen LogP contribution in [0.25, 0.3) is 21.7 Å². The van der Waals surface area contributed by atoms with E-state index in [1.165, 1.54) is 0 Å². The molecule has 0 aliphatic heterocycles. The number of aromatic amines is 1. The number of H-pyrrole nitrogens is 1. The summed E-state index contributed by atoms with van der Waals surface area (Å²) in [6.07, 6.45) is 1.66. The second kappa shape index (κ2) is 6.78. The highest BCUT2D eigenvalue weighted by molar-refractivity contribution is 6.31. The van der Waals surface area contributed by atoms with E-state index in [1.54, 1.807) is 30.5 Å². The van der Waals surface area contributed by atoms with Gasteiger partial charge in [0.25, 0.3) is 5.91 Å². The molecule has 1 aromatic heterocycles. The molecule has 4 rings (SSSR count). The van der Waals surface area contributed by atoms with E-state index in [9.17, 15) is 9.59 Å². The van der Waals surface area contributed by atoms with Gasteiger partial charge in [0.05, 0.1) is 5.56 Å². The third kappa shape index (κ3) is 3.25. The van der Waals surface area contributed by atoms with E-state index in [0.29, 0.717) is 10.6 Å². The van der Waals surface area contributed by atoms with Crippen molar-refractivity contribution >= 4 is 45.0 Å². The molecule has 3 N–H and O–H groups in total. The Hall–Kier alpha value is -3.31. The van der Waals surface area contributed by atoms with E-state index in [1.807, 2.05) is 30.3 Å². The highest BCUT2D eigenvalue weighted by atomic mass is 35.5. The highest BCUT2D eigenvalue weighted by Gasteiger charge is 2.16. The van der Waals surface area contributed by atoms with E-state index in [0.717, 1.165) is 21.7 Å². The predicted molar refractivity (Wildman–Crippen MR) is 106 cm³/mol. The molecule has 5 nitrogen and oxygen atoms in total. The minimum atomic E-state index is -0.633. The predicted octanol–water partition coefficient (Wildman–Crippen LogP) is 4.34. The van der Waals surface area contributed by atoms with Gasteiger partial charge in [-0.25, -0.2) is 0 Å². The third-order valence-electron chi connectivity index (χ3n) is 4.41. The van der Waals surface area contributed by atoms with Crippen LogP contribution in [0.5, 0.6) is 5.75 Å². The number of Topliss-reactive ketones (excluding diaryl/α,β-unsaturated/α-hetero) is 1. The summed E-state index contributed by atoms with van der Waals surface area (Å²) >= 11 is 6.00. The van der Waals surface area contributed by atoms with Gasteiger partial charge in [0.2, 0.25) is 5.78 Å². The number of amides is 1. The van der Waals surface area contributed by atoms with Gasteiger partial charge in [-0.05, 0) is 41.1 Å². The molecule has 3 aromatic carbocycles. The zero-order valence-electron chi connectivity index (χ0n) is 14.2. The average Bonchev–Trinajstić information content (AvgIpc) is 3.09. The molecule has 0 radical (unpaired) electrons. The number of hydrogen-bond donors (Lipinski definition) is 2. The van der Waals surface area contributed by atoms with E-state index < -0.39 is 5.91 Å². The maximum Gasteiger partial charge on any atom is 0.252 e. The summed E-state index contributed by atoms with van der Waals surface area (Å²) in [5.41, 5.74) is 7.10. The molecule has 27 heavy (non-hydrogen) atoms. The Kier molecular flexibility index (Phi) is 4.30. The summed E-state index contributed by atoms with van der Waals surface area (Å²) < 4.78 is 5.67. The van der Waals surface area contributed by atoms with Crippen LogP contribution >= 0.6 is 11.6 Å². The van der Waals surface area contributed by atoms with Gasteiger partial charge in [0.1, 0.15) is 5.75 Å². The zero-order valence-corrected chi connectivity index (χ0v) is 14.9. The van der Waals surface area contributed by atoms with Crippen molar-refractivity contribution in [1.82, 2.24) is 4.98 Å².